The van der Waals surface area contributed by atoms with E-state index in [1.807, 2.05) is 30.3 Å². The zero-order valence-electron chi connectivity index (χ0n) is 13.0. The molecule has 1 fully saturated rings. The number of rotatable bonds is 5. The first kappa shape index (κ1) is 16.5. The van der Waals surface area contributed by atoms with Gasteiger partial charge in [0.2, 0.25) is 5.91 Å². The van der Waals surface area contributed by atoms with Gasteiger partial charge in [0.1, 0.15) is 6.10 Å². The summed E-state index contributed by atoms with van der Waals surface area (Å²) >= 11 is 0. The maximum absolute atomic E-state index is 11.9. The predicted octanol–water partition coefficient (Wildman–Crippen LogP) is 2.13. The van der Waals surface area contributed by atoms with E-state index in [0.717, 1.165) is 25.0 Å². The van der Waals surface area contributed by atoms with Gasteiger partial charge in [-0.2, -0.15) is 0 Å². The van der Waals surface area contributed by atoms with Crippen LogP contribution in [0, 0.1) is 11.8 Å². The molecule has 2 atom stereocenters. The highest BCUT2D eigenvalue weighted by Gasteiger charge is 2.18. The van der Waals surface area contributed by atoms with Crippen LogP contribution in [-0.4, -0.2) is 37.9 Å². The summed E-state index contributed by atoms with van der Waals surface area (Å²) in [4.78, 5) is 11.9. The van der Waals surface area contributed by atoms with Crippen LogP contribution in [0.25, 0.3) is 0 Å². The van der Waals surface area contributed by atoms with E-state index < -0.39 is 6.10 Å². The van der Waals surface area contributed by atoms with Crippen LogP contribution in [0.5, 0.6) is 0 Å². The lowest BCUT2D eigenvalue weighted by Gasteiger charge is -2.23. The van der Waals surface area contributed by atoms with Gasteiger partial charge in [-0.05, 0) is 38.3 Å². The molecule has 4 heteroatoms. The van der Waals surface area contributed by atoms with Crippen molar-refractivity contribution in [2.75, 3.05) is 19.8 Å². The molecule has 0 aliphatic carbocycles. The monoisotopic (exact) mass is 301 g/mol. The van der Waals surface area contributed by atoms with Crippen LogP contribution in [0.1, 0.15) is 31.7 Å². The summed E-state index contributed by atoms with van der Waals surface area (Å²) in [5.41, 5.74) is 0.940. The Morgan fingerprint density at radius 2 is 2.23 bits per heavy atom. The van der Waals surface area contributed by atoms with Crippen LogP contribution < -0.4 is 5.32 Å². The van der Waals surface area contributed by atoms with Crippen LogP contribution in [0.3, 0.4) is 0 Å². The minimum atomic E-state index is -0.482. The fourth-order valence-corrected chi connectivity index (χ4v) is 2.21. The molecular formula is C18H23NO3. The molecule has 0 unspecified atom stereocenters. The van der Waals surface area contributed by atoms with Gasteiger partial charge in [-0.15, -0.1) is 0 Å². The van der Waals surface area contributed by atoms with Gasteiger partial charge in [-0.1, -0.05) is 30.0 Å². The molecule has 0 saturated carbocycles. The van der Waals surface area contributed by atoms with Gasteiger partial charge in [-0.25, -0.2) is 0 Å². The smallest absolute Gasteiger partial charge is 0.249 e. The Morgan fingerprint density at radius 1 is 1.41 bits per heavy atom. The van der Waals surface area contributed by atoms with Gasteiger partial charge in [0.25, 0.3) is 0 Å². The fourth-order valence-electron chi connectivity index (χ4n) is 2.21. The highest BCUT2D eigenvalue weighted by Crippen LogP contribution is 2.13. The Morgan fingerprint density at radius 3 is 2.95 bits per heavy atom. The second-order valence-corrected chi connectivity index (χ2v) is 5.35. The van der Waals surface area contributed by atoms with Gasteiger partial charge < -0.3 is 14.8 Å². The van der Waals surface area contributed by atoms with E-state index in [9.17, 15) is 4.79 Å². The van der Waals surface area contributed by atoms with Crippen molar-refractivity contribution in [3.8, 4) is 11.8 Å². The number of amides is 1. The third-order valence-corrected chi connectivity index (χ3v) is 3.53. The highest BCUT2D eigenvalue weighted by atomic mass is 16.5. The molecule has 1 saturated heterocycles. The lowest BCUT2D eigenvalue weighted by Crippen LogP contribution is -2.37. The third-order valence-electron chi connectivity index (χ3n) is 3.53. The first-order chi connectivity index (χ1) is 10.8. The standard InChI is InChI=1S/C18H23NO3/c1-15(22-14-17-11-5-6-13-21-17)18(20)19-12-7-10-16-8-3-2-4-9-16/h2-4,8-9,15,17H,5-6,11-14H2,1H3,(H,19,20)/t15-,17+/m0/s1. The second kappa shape index (κ2) is 9.24. The lowest BCUT2D eigenvalue weighted by molar-refractivity contribution is -0.135. The Labute approximate surface area is 132 Å². The van der Waals surface area contributed by atoms with E-state index in [1.165, 1.54) is 6.42 Å². The molecule has 1 aromatic carbocycles. The van der Waals surface area contributed by atoms with E-state index in [0.29, 0.717) is 13.2 Å². The number of carbonyl (C=O) groups excluding carboxylic acids is 1. The minimum Gasteiger partial charge on any atom is -0.376 e. The SMILES string of the molecule is C[C@H](OC[C@H]1CCCCO1)C(=O)NCC#Cc1ccccc1. The topological polar surface area (TPSA) is 47.6 Å². The molecule has 0 bridgehead atoms. The van der Waals surface area contributed by atoms with E-state index in [1.54, 1.807) is 6.92 Å². The van der Waals surface area contributed by atoms with Gasteiger partial charge in [0.15, 0.2) is 0 Å². The summed E-state index contributed by atoms with van der Waals surface area (Å²) in [5, 5.41) is 2.76. The molecule has 1 N–H and O–H groups in total. The quantitative estimate of drug-likeness (QED) is 0.848. The van der Waals surface area contributed by atoms with Gasteiger partial charge in [0, 0.05) is 12.2 Å². The van der Waals surface area contributed by atoms with Gasteiger partial charge in [0.05, 0.1) is 19.3 Å². The van der Waals surface area contributed by atoms with Crippen molar-refractivity contribution >= 4 is 5.91 Å². The van der Waals surface area contributed by atoms with Crippen molar-refractivity contribution in [3.05, 3.63) is 35.9 Å². The Bertz CT molecular complexity index is 512. The molecule has 1 heterocycles. The zero-order chi connectivity index (χ0) is 15.6. The third kappa shape index (κ3) is 5.88. The number of hydrogen-bond donors (Lipinski definition) is 1. The average Bonchev–Trinajstić information content (AvgIpc) is 2.58. The number of carbonyl (C=O) groups is 1. The lowest BCUT2D eigenvalue weighted by atomic mass is 10.1. The molecule has 118 valence electrons. The number of hydrogen-bond acceptors (Lipinski definition) is 3. The Hall–Kier alpha value is -1.83. The molecule has 1 amide bonds. The maximum atomic E-state index is 11.9. The molecule has 0 spiro atoms. The summed E-state index contributed by atoms with van der Waals surface area (Å²) in [6, 6.07) is 9.69. The summed E-state index contributed by atoms with van der Waals surface area (Å²) < 4.78 is 11.1. The van der Waals surface area contributed by atoms with E-state index in [4.69, 9.17) is 9.47 Å². The van der Waals surface area contributed by atoms with Gasteiger partial charge >= 0.3 is 0 Å². The molecule has 22 heavy (non-hydrogen) atoms. The van der Waals surface area contributed by atoms with Crippen LogP contribution in [-0.2, 0) is 14.3 Å². The Kier molecular flexibility index (Phi) is 6.95. The normalized spacial score (nSPS) is 18.9. The van der Waals surface area contributed by atoms with E-state index in [2.05, 4.69) is 17.2 Å². The second-order valence-electron chi connectivity index (χ2n) is 5.35. The molecule has 4 nitrogen and oxygen atoms in total. The number of nitrogens with one attached hydrogen (secondary N) is 1. The predicted molar refractivity (Wildman–Crippen MR) is 85.3 cm³/mol. The van der Waals surface area contributed by atoms with Crippen LogP contribution in [0.15, 0.2) is 30.3 Å². The van der Waals surface area contributed by atoms with Crippen molar-refractivity contribution in [2.45, 2.75) is 38.4 Å². The number of ether oxygens (including phenoxy) is 2. The molecule has 2 rings (SSSR count). The van der Waals surface area contributed by atoms with Crippen LogP contribution in [0.4, 0.5) is 0 Å². The molecule has 0 aromatic heterocycles. The highest BCUT2D eigenvalue weighted by molar-refractivity contribution is 5.80. The number of benzene rings is 1. The van der Waals surface area contributed by atoms with Crippen molar-refractivity contribution in [3.63, 3.8) is 0 Å². The average molecular weight is 301 g/mol. The van der Waals surface area contributed by atoms with E-state index >= 15 is 0 Å². The first-order valence-corrected chi connectivity index (χ1v) is 7.80. The maximum Gasteiger partial charge on any atom is 0.249 e. The van der Waals surface area contributed by atoms with Crippen LogP contribution >= 0.6 is 0 Å². The molecule has 1 aliphatic rings. The van der Waals surface area contributed by atoms with Crippen LogP contribution in [0.2, 0.25) is 0 Å². The first-order valence-electron chi connectivity index (χ1n) is 7.80. The zero-order valence-corrected chi connectivity index (χ0v) is 13.0. The minimum absolute atomic E-state index is 0.127. The summed E-state index contributed by atoms with van der Waals surface area (Å²) in [6.07, 6.45) is 2.94. The summed E-state index contributed by atoms with van der Waals surface area (Å²) in [7, 11) is 0. The molecule has 1 aromatic rings. The summed E-state index contributed by atoms with van der Waals surface area (Å²) in [6.45, 7) is 3.35. The van der Waals surface area contributed by atoms with Crippen molar-refractivity contribution in [2.24, 2.45) is 0 Å². The van der Waals surface area contributed by atoms with Crippen molar-refractivity contribution in [1.82, 2.24) is 5.32 Å². The molecule has 1 aliphatic heterocycles. The van der Waals surface area contributed by atoms with Gasteiger partial charge in [-0.3, -0.25) is 4.79 Å². The van der Waals surface area contributed by atoms with Crippen molar-refractivity contribution in [1.29, 1.82) is 0 Å². The Balaban J connectivity index is 1.65. The molecular weight excluding hydrogens is 278 g/mol. The fraction of sp³-hybridized carbons (Fsp3) is 0.500. The van der Waals surface area contributed by atoms with Crippen molar-refractivity contribution < 1.29 is 14.3 Å². The molecule has 0 radical (unpaired) electrons. The summed E-state index contributed by atoms with van der Waals surface area (Å²) in [5.74, 6) is 5.79. The van der Waals surface area contributed by atoms with E-state index in [-0.39, 0.29) is 12.0 Å². The largest absolute Gasteiger partial charge is 0.376 e.